The highest BCUT2D eigenvalue weighted by molar-refractivity contribution is 7.99. The third-order valence-electron chi connectivity index (χ3n) is 2.85. The molecule has 0 amide bonds. The Morgan fingerprint density at radius 2 is 2.42 bits per heavy atom. The summed E-state index contributed by atoms with van der Waals surface area (Å²) in [5, 5.41) is 1.09. The van der Waals surface area contributed by atoms with Gasteiger partial charge in [-0.25, -0.2) is 9.98 Å². The summed E-state index contributed by atoms with van der Waals surface area (Å²) in [5.41, 5.74) is 8.47. The Bertz CT molecular complexity index is 614. The molecule has 1 aliphatic rings. The van der Waals surface area contributed by atoms with Gasteiger partial charge < -0.3 is 10.3 Å². The topological polar surface area (TPSA) is 56.2 Å². The lowest BCUT2D eigenvalue weighted by molar-refractivity contribution is 0.719. The van der Waals surface area contributed by atoms with Crippen molar-refractivity contribution in [2.75, 3.05) is 11.6 Å². The highest BCUT2D eigenvalue weighted by Crippen LogP contribution is 2.30. The van der Waals surface area contributed by atoms with Gasteiger partial charge in [-0.1, -0.05) is 23.9 Å². The summed E-state index contributed by atoms with van der Waals surface area (Å²) in [7, 11) is 0. The molecule has 0 saturated heterocycles. The van der Waals surface area contributed by atoms with Gasteiger partial charge in [-0.05, 0) is 12.1 Å². The number of rotatable bonds is 3. The SMILES string of the molecule is NC(CCl)=Nc1cccc(-c2cn3c(n2)SCC3)c1. The van der Waals surface area contributed by atoms with E-state index in [0.29, 0.717) is 5.84 Å². The van der Waals surface area contributed by atoms with Crippen LogP contribution in [0.3, 0.4) is 0 Å². The average molecular weight is 293 g/mol. The van der Waals surface area contributed by atoms with Crippen LogP contribution in [0.4, 0.5) is 5.69 Å². The fourth-order valence-electron chi connectivity index (χ4n) is 1.98. The van der Waals surface area contributed by atoms with E-state index in [1.807, 2.05) is 24.3 Å². The molecule has 0 bridgehead atoms. The lowest BCUT2D eigenvalue weighted by Crippen LogP contribution is -2.12. The number of alkyl halides is 1. The molecular weight excluding hydrogens is 280 g/mol. The number of nitrogens with two attached hydrogens (primary N) is 1. The standard InChI is InChI=1S/C13H13ClN4S/c14-7-12(15)16-10-3-1-2-9(6-10)11-8-18-4-5-19-13(18)17-11/h1-3,6,8H,4-5,7H2,(H2,15,16). The molecular formula is C13H13ClN4S. The first-order valence-corrected chi connectivity index (χ1v) is 7.47. The molecule has 0 fully saturated rings. The van der Waals surface area contributed by atoms with E-state index >= 15 is 0 Å². The maximum atomic E-state index is 5.65. The van der Waals surface area contributed by atoms with Crippen molar-refractivity contribution in [3.05, 3.63) is 30.5 Å². The number of hydrogen-bond acceptors (Lipinski definition) is 3. The second-order valence-corrected chi connectivity index (χ2v) is 5.57. The molecule has 0 saturated carbocycles. The maximum absolute atomic E-state index is 5.65. The summed E-state index contributed by atoms with van der Waals surface area (Å²) in [6.07, 6.45) is 2.09. The van der Waals surface area contributed by atoms with Gasteiger partial charge >= 0.3 is 0 Å². The van der Waals surface area contributed by atoms with Gasteiger partial charge in [0.15, 0.2) is 5.16 Å². The Hall–Kier alpha value is -1.46. The van der Waals surface area contributed by atoms with Crippen molar-refractivity contribution in [1.82, 2.24) is 9.55 Å². The molecule has 3 rings (SSSR count). The van der Waals surface area contributed by atoms with Gasteiger partial charge in [-0.2, -0.15) is 0 Å². The van der Waals surface area contributed by atoms with E-state index in [2.05, 4.69) is 20.7 Å². The Kier molecular flexibility index (Phi) is 3.48. The highest BCUT2D eigenvalue weighted by Gasteiger charge is 2.15. The first-order valence-electron chi connectivity index (χ1n) is 5.95. The number of amidine groups is 1. The number of aliphatic imine (C=N–C) groups is 1. The lowest BCUT2D eigenvalue weighted by atomic mass is 10.1. The Balaban J connectivity index is 1.94. The van der Waals surface area contributed by atoms with Gasteiger partial charge in [0.25, 0.3) is 0 Å². The molecule has 19 heavy (non-hydrogen) atoms. The molecule has 4 nitrogen and oxygen atoms in total. The van der Waals surface area contributed by atoms with Gasteiger partial charge in [0, 0.05) is 24.1 Å². The zero-order valence-corrected chi connectivity index (χ0v) is 11.8. The van der Waals surface area contributed by atoms with Crippen LogP contribution in [0.25, 0.3) is 11.3 Å². The second-order valence-electron chi connectivity index (χ2n) is 4.24. The van der Waals surface area contributed by atoms with E-state index in [1.165, 1.54) is 0 Å². The first kappa shape index (κ1) is 12.6. The van der Waals surface area contributed by atoms with Gasteiger partial charge in [-0.3, -0.25) is 0 Å². The van der Waals surface area contributed by atoms with Crippen LogP contribution in [0, 0.1) is 0 Å². The molecule has 2 heterocycles. The predicted molar refractivity (Wildman–Crippen MR) is 80.4 cm³/mol. The van der Waals surface area contributed by atoms with Crippen LogP contribution in [0.1, 0.15) is 0 Å². The van der Waals surface area contributed by atoms with Crippen molar-refractivity contribution in [2.45, 2.75) is 11.7 Å². The Morgan fingerprint density at radius 1 is 1.53 bits per heavy atom. The summed E-state index contributed by atoms with van der Waals surface area (Å²) in [6.45, 7) is 1.03. The largest absolute Gasteiger partial charge is 0.386 e. The van der Waals surface area contributed by atoms with Gasteiger partial charge in [0.1, 0.15) is 5.84 Å². The molecule has 2 N–H and O–H groups in total. The molecule has 0 aliphatic carbocycles. The summed E-state index contributed by atoms with van der Waals surface area (Å²) in [6, 6.07) is 7.86. The summed E-state index contributed by atoms with van der Waals surface area (Å²) in [5.74, 6) is 1.76. The normalized spacial score (nSPS) is 14.7. The zero-order valence-electron chi connectivity index (χ0n) is 10.2. The molecule has 0 atom stereocenters. The first-order chi connectivity index (χ1) is 9.26. The number of nitrogens with zero attached hydrogens (tertiary/aromatic N) is 3. The Labute approximate surface area is 120 Å². The molecule has 6 heteroatoms. The molecule has 0 spiro atoms. The Morgan fingerprint density at radius 3 is 3.21 bits per heavy atom. The van der Waals surface area contributed by atoms with Gasteiger partial charge in [0.2, 0.25) is 0 Å². The van der Waals surface area contributed by atoms with Gasteiger partial charge in [0.05, 0.1) is 17.3 Å². The van der Waals surface area contributed by atoms with Crippen molar-refractivity contribution in [2.24, 2.45) is 10.7 Å². The van der Waals surface area contributed by atoms with E-state index in [-0.39, 0.29) is 5.88 Å². The number of thioether (sulfide) groups is 1. The van der Waals surface area contributed by atoms with Crippen LogP contribution in [0.2, 0.25) is 0 Å². The third-order valence-corrected chi connectivity index (χ3v) is 4.10. The molecule has 0 radical (unpaired) electrons. The van der Waals surface area contributed by atoms with Crippen LogP contribution in [0.15, 0.2) is 40.6 Å². The fourth-order valence-corrected chi connectivity index (χ4v) is 2.98. The number of imidazole rings is 1. The van der Waals surface area contributed by atoms with Crippen molar-refractivity contribution < 1.29 is 0 Å². The van der Waals surface area contributed by atoms with Crippen LogP contribution in [0.5, 0.6) is 0 Å². The summed E-state index contributed by atoms with van der Waals surface area (Å²) >= 11 is 7.42. The van der Waals surface area contributed by atoms with Gasteiger partial charge in [-0.15, -0.1) is 11.6 Å². The fraction of sp³-hybridized carbons (Fsp3) is 0.231. The van der Waals surface area contributed by atoms with E-state index in [4.69, 9.17) is 17.3 Å². The number of benzene rings is 1. The number of halogens is 1. The van der Waals surface area contributed by atoms with Crippen LogP contribution < -0.4 is 5.73 Å². The zero-order chi connectivity index (χ0) is 13.2. The minimum Gasteiger partial charge on any atom is -0.386 e. The van der Waals surface area contributed by atoms with Crippen LogP contribution >= 0.6 is 23.4 Å². The summed E-state index contributed by atoms with van der Waals surface area (Å²) < 4.78 is 2.18. The van der Waals surface area contributed by atoms with E-state index in [1.54, 1.807) is 11.8 Å². The number of hydrogen-bond donors (Lipinski definition) is 1. The second kappa shape index (κ2) is 5.27. The van der Waals surface area contributed by atoms with Crippen LogP contribution in [-0.2, 0) is 6.54 Å². The molecule has 1 aromatic heterocycles. The summed E-state index contributed by atoms with van der Waals surface area (Å²) in [4.78, 5) is 8.87. The van der Waals surface area contributed by atoms with Crippen molar-refractivity contribution in [3.63, 3.8) is 0 Å². The average Bonchev–Trinajstić information content (AvgIpc) is 2.99. The van der Waals surface area contributed by atoms with Crippen molar-refractivity contribution in [3.8, 4) is 11.3 Å². The predicted octanol–water partition coefficient (Wildman–Crippen LogP) is 2.88. The third kappa shape index (κ3) is 2.62. The van der Waals surface area contributed by atoms with Crippen molar-refractivity contribution in [1.29, 1.82) is 0 Å². The number of fused-ring (bicyclic) bond motifs is 1. The monoisotopic (exact) mass is 292 g/mol. The molecule has 1 aliphatic heterocycles. The highest BCUT2D eigenvalue weighted by atomic mass is 35.5. The van der Waals surface area contributed by atoms with Crippen LogP contribution in [-0.4, -0.2) is 27.0 Å². The molecule has 1 aromatic carbocycles. The smallest absolute Gasteiger partial charge is 0.168 e. The molecule has 98 valence electrons. The van der Waals surface area contributed by atoms with E-state index < -0.39 is 0 Å². The minimum absolute atomic E-state index is 0.236. The quantitative estimate of drug-likeness (QED) is 0.538. The van der Waals surface area contributed by atoms with E-state index in [0.717, 1.165) is 34.4 Å². The number of aryl methyl sites for hydroxylation is 1. The maximum Gasteiger partial charge on any atom is 0.168 e. The lowest BCUT2D eigenvalue weighted by Gasteiger charge is -2.00. The molecule has 2 aromatic rings. The minimum atomic E-state index is 0.236. The number of aromatic nitrogens is 2. The van der Waals surface area contributed by atoms with E-state index in [9.17, 15) is 0 Å². The van der Waals surface area contributed by atoms with Crippen molar-refractivity contribution >= 4 is 34.9 Å². The molecule has 0 unspecified atom stereocenters.